The van der Waals surface area contributed by atoms with Crippen molar-refractivity contribution in [2.75, 3.05) is 19.6 Å². The van der Waals surface area contributed by atoms with Crippen LogP contribution in [0, 0.1) is 11.7 Å². The third-order valence-corrected chi connectivity index (χ3v) is 6.07. The van der Waals surface area contributed by atoms with Gasteiger partial charge in [0.05, 0.1) is 16.3 Å². The zero-order valence-corrected chi connectivity index (χ0v) is 17.1. The second-order valence-corrected chi connectivity index (χ2v) is 8.31. The number of thiazole rings is 1. The van der Waals surface area contributed by atoms with Crippen molar-refractivity contribution in [1.29, 1.82) is 0 Å². The fraction of sp³-hybridized carbons (Fsp3) is 0.476. The number of carbonyl (C=O) groups is 2. The highest BCUT2D eigenvalue weighted by atomic mass is 32.1. The molecule has 1 fully saturated rings. The highest BCUT2D eigenvalue weighted by molar-refractivity contribution is 7.09. The first-order valence-corrected chi connectivity index (χ1v) is 10.6. The Morgan fingerprint density at radius 3 is 2.68 bits per heavy atom. The number of nitrogens with zero attached hydrogens (tertiary/aromatic N) is 2. The largest absolute Gasteiger partial charge is 0.355 e. The SMILES string of the molecule is CC(C)C(=O)NCCc1csc(C2CCN(C(=O)c3ccccc3F)CC2)n1. The average Bonchev–Trinajstić information content (AvgIpc) is 3.16. The number of amides is 2. The van der Waals surface area contributed by atoms with Crippen LogP contribution in [0.1, 0.15) is 53.7 Å². The van der Waals surface area contributed by atoms with Gasteiger partial charge in [-0.25, -0.2) is 9.37 Å². The summed E-state index contributed by atoms with van der Waals surface area (Å²) in [5.74, 6) is -0.333. The first kappa shape index (κ1) is 20.5. The highest BCUT2D eigenvalue weighted by Gasteiger charge is 2.27. The van der Waals surface area contributed by atoms with E-state index in [4.69, 9.17) is 4.98 Å². The number of benzene rings is 1. The van der Waals surface area contributed by atoms with Crippen LogP contribution < -0.4 is 5.32 Å². The first-order valence-electron chi connectivity index (χ1n) is 9.71. The maximum atomic E-state index is 13.9. The van der Waals surface area contributed by atoms with E-state index in [9.17, 15) is 14.0 Å². The van der Waals surface area contributed by atoms with E-state index >= 15 is 0 Å². The van der Waals surface area contributed by atoms with Crippen molar-refractivity contribution in [2.24, 2.45) is 5.92 Å². The van der Waals surface area contributed by atoms with Crippen LogP contribution in [0.15, 0.2) is 29.6 Å². The molecule has 0 radical (unpaired) electrons. The lowest BCUT2D eigenvalue weighted by Crippen LogP contribution is -2.38. The smallest absolute Gasteiger partial charge is 0.256 e. The molecule has 0 aliphatic carbocycles. The zero-order valence-electron chi connectivity index (χ0n) is 16.3. The Morgan fingerprint density at radius 2 is 2.00 bits per heavy atom. The molecule has 7 heteroatoms. The summed E-state index contributed by atoms with van der Waals surface area (Å²) in [6.45, 7) is 5.56. The summed E-state index contributed by atoms with van der Waals surface area (Å²) in [7, 11) is 0. The van der Waals surface area contributed by atoms with Crippen molar-refractivity contribution in [3.8, 4) is 0 Å². The zero-order chi connectivity index (χ0) is 20.1. The number of hydrogen-bond donors (Lipinski definition) is 1. The highest BCUT2D eigenvalue weighted by Crippen LogP contribution is 2.31. The number of aromatic nitrogens is 1. The summed E-state index contributed by atoms with van der Waals surface area (Å²) in [5.41, 5.74) is 1.13. The Labute approximate surface area is 169 Å². The molecule has 3 rings (SSSR count). The van der Waals surface area contributed by atoms with E-state index in [0.717, 1.165) is 30.0 Å². The van der Waals surface area contributed by atoms with E-state index in [-0.39, 0.29) is 23.3 Å². The molecule has 2 aromatic rings. The van der Waals surface area contributed by atoms with Crippen molar-refractivity contribution >= 4 is 23.2 Å². The quantitative estimate of drug-likeness (QED) is 0.801. The Morgan fingerprint density at radius 1 is 1.29 bits per heavy atom. The summed E-state index contributed by atoms with van der Waals surface area (Å²) in [5, 5.41) is 6.04. The molecule has 0 saturated carbocycles. The van der Waals surface area contributed by atoms with E-state index < -0.39 is 5.82 Å². The third-order valence-electron chi connectivity index (χ3n) is 5.01. The van der Waals surface area contributed by atoms with Gasteiger partial charge in [-0.1, -0.05) is 26.0 Å². The van der Waals surface area contributed by atoms with Gasteiger partial charge in [0.25, 0.3) is 5.91 Å². The predicted octanol–water partition coefficient (Wildman–Crippen LogP) is 3.62. The van der Waals surface area contributed by atoms with Gasteiger partial charge in [0.2, 0.25) is 5.91 Å². The molecule has 150 valence electrons. The summed E-state index contributed by atoms with van der Waals surface area (Å²) in [6.07, 6.45) is 2.38. The van der Waals surface area contributed by atoms with Gasteiger partial charge in [-0.15, -0.1) is 11.3 Å². The molecule has 2 heterocycles. The second-order valence-electron chi connectivity index (χ2n) is 7.42. The Kier molecular flexibility index (Phi) is 6.78. The predicted molar refractivity (Wildman–Crippen MR) is 108 cm³/mol. The lowest BCUT2D eigenvalue weighted by Gasteiger charge is -2.31. The van der Waals surface area contributed by atoms with E-state index in [0.29, 0.717) is 25.6 Å². The molecule has 1 aliphatic heterocycles. The molecule has 5 nitrogen and oxygen atoms in total. The van der Waals surface area contributed by atoms with Gasteiger partial charge in [-0.3, -0.25) is 9.59 Å². The van der Waals surface area contributed by atoms with E-state index in [1.54, 1.807) is 28.4 Å². The van der Waals surface area contributed by atoms with Gasteiger partial charge in [0, 0.05) is 43.3 Å². The molecule has 1 N–H and O–H groups in total. The van der Waals surface area contributed by atoms with Crippen LogP contribution in [0.5, 0.6) is 0 Å². The monoisotopic (exact) mass is 403 g/mol. The molecule has 0 unspecified atom stereocenters. The number of likely N-dealkylation sites (tertiary alicyclic amines) is 1. The minimum Gasteiger partial charge on any atom is -0.355 e. The summed E-state index contributed by atoms with van der Waals surface area (Å²) >= 11 is 1.64. The van der Waals surface area contributed by atoms with Crippen LogP contribution in [-0.2, 0) is 11.2 Å². The number of hydrogen-bond acceptors (Lipinski definition) is 4. The summed E-state index contributed by atoms with van der Waals surface area (Å²) in [4.78, 5) is 30.6. The Hall–Kier alpha value is -2.28. The van der Waals surface area contributed by atoms with Gasteiger partial charge >= 0.3 is 0 Å². The lowest BCUT2D eigenvalue weighted by molar-refractivity contribution is -0.123. The maximum absolute atomic E-state index is 13.9. The normalized spacial score (nSPS) is 15.1. The van der Waals surface area contributed by atoms with Gasteiger partial charge in [-0.2, -0.15) is 0 Å². The van der Waals surface area contributed by atoms with Crippen molar-refractivity contribution < 1.29 is 14.0 Å². The summed E-state index contributed by atoms with van der Waals surface area (Å²) < 4.78 is 13.9. The van der Waals surface area contributed by atoms with E-state index in [2.05, 4.69) is 5.32 Å². The van der Waals surface area contributed by atoms with E-state index in [1.165, 1.54) is 12.1 Å². The molecule has 1 aliphatic rings. The molecule has 2 amide bonds. The minimum absolute atomic E-state index is 0.0109. The molecule has 0 bridgehead atoms. The number of nitrogens with one attached hydrogen (secondary N) is 1. The molecule has 1 saturated heterocycles. The van der Waals surface area contributed by atoms with Crippen LogP contribution in [0.4, 0.5) is 4.39 Å². The van der Waals surface area contributed by atoms with Crippen LogP contribution >= 0.6 is 11.3 Å². The van der Waals surface area contributed by atoms with Crippen molar-refractivity contribution in [3.63, 3.8) is 0 Å². The topological polar surface area (TPSA) is 62.3 Å². The third kappa shape index (κ3) is 4.95. The first-order chi connectivity index (χ1) is 13.5. The fourth-order valence-corrected chi connectivity index (χ4v) is 4.30. The molecule has 28 heavy (non-hydrogen) atoms. The number of halogens is 1. The van der Waals surface area contributed by atoms with Gasteiger partial charge in [0.15, 0.2) is 0 Å². The van der Waals surface area contributed by atoms with Crippen LogP contribution in [0.2, 0.25) is 0 Å². The average molecular weight is 404 g/mol. The lowest BCUT2D eigenvalue weighted by atomic mass is 9.97. The molecular formula is C21H26FN3O2S. The van der Waals surface area contributed by atoms with Crippen molar-refractivity contribution in [2.45, 2.75) is 39.0 Å². The second kappa shape index (κ2) is 9.28. The van der Waals surface area contributed by atoms with Crippen molar-refractivity contribution in [1.82, 2.24) is 15.2 Å². The number of rotatable bonds is 6. The van der Waals surface area contributed by atoms with Gasteiger partial charge in [0.1, 0.15) is 5.82 Å². The number of carbonyl (C=O) groups excluding carboxylic acids is 2. The fourth-order valence-electron chi connectivity index (χ4n) is 3.28. The number of piperidine rings is 1. The van der Waals surface area contributed by atoms with Crippen LogP contribution in [0.25, 0.3) is 0 Å². The van der Waals surface area contributed by atoms with Gasteiger partial charge in [-0.05, 0) is 25.0 Å². The maximum Gasteiger partial charge on any atom is 0.256 e. The standard InChI is InChI=1S/C21H26FN3O2S/c1-14(2)19(26)23-10-7-16-13-28-20(24-16)15-8-11-25(12-9-15)21(27)17-5-3-4-6-18(17)22/h3-6,13-15H,7-12H2,1-2H3,(H,23,26). The van der Waals surface area contributed by atoms with Gasteiger partial charge < -0.3 is 10.2 Å². The molecular weight excluding hydrogens is 377 g/mol. The van der Waals surface area contributed by atoms with E-state index in [1.807, 2.05) is 19.2 Å². The molecule has 0 atom stereocenters. The Balaban J connectivity index is 1.50. The molecule has 0 spiro atoms. The van der Waals surface area contributed by atoms with Crippen LogP contribution in [-0.4, -0.2) is 41.3 Å². The molecule has 1 aromatic carbocycles. The van der Waals surface area contributed by atoms with Crippen LogP contribution in [0.3, 0.4) is 0 Å². The Bertz CT molecular complexity index is 829. The molecule has 1 aromatic heterocycles. The van der Waals surface area contributed by atoms with Crippen molar-refractivity contribution in [3.05, 3.63) is 51.7 Å². The minimum atomic E-state index is -0.469. The summed E-state index contributed by atoms with van der Waals surface area (Å²) in [6, 6.07) is 6.13.